The second-order valence-corrected chi connectivity index (χ2v) is 11.8. The monoisotopic (exact) mass is 589 g/mol. The summed E-state index contributed by atoms with van der Waals surface area (Å²) in [6.45, 7) is 6.21. The van der Waals surface area contributed by atoms with Crippen LogP contribution in [0.15, 0.2) is 83.8 Å². The van der Waals surface area contributed by atoms with E-state index in [4.69, 9.17) is 0 Å². The highest BCUT2D eigenvalue weighted by Gasteiger charge is 2.36. The number of anilines is 1. The minimum atomic E-state index is -4.74. The first-order valence-electron chi connectivity index (χ1n) is 13.1. The molecule has 3 aromatic rings. The highest BCUT2D eigenvalue weighted by atomic mass is 32.2. The Hall–Kier alpha value is -3.86. The van der Waals surface area contributed by atoms with E-state index in [-0.39, 0.29) is 29.6 Å². The van der Waals surface area contributed by atoms with Crippen molar-refractivity contribution in [3.05, 3.63) is 95.6 Å². The molecular formula is C30H34F3N3O4S. The lowest BCUT2D eigenvalue weighted by Crippen LogP contribution is -2.53. The molecule has 0 spiro atoms. The molecule has 0 radical (unpaired) electrons. The lowest BCUT2D eigenvalue weighted by molar-refractivity contribution is -0.140. The number of rotatable bonds is 11. The summed E-state index contributed by atoms with van der Waals surface area (Å²) in [6.07, 6.45) is -4.51. The summed E-state index contributed by atoms with van der Waals surface area (Å²) in [4.78, 5) is 28.2. The molecule has 0 aliphatic carbocycles. The minimum Gasteiger partial charge on any atom is -0.352 e. The van der Waals surface area contributed by atoms with Crippen molar-refractivity contribution in [3.8, 4) is 0 Å². The van der Waals surface area contributed by atoms with Crippen molar-refractivity contribution in [2.24, 2.45) is 0 Å². The molecule has 2 amide bonds. The maximum absolute atomic E-state index is 14.0. The summed E-state index contributed by atoms with van der Waals surface area (Å²) in [5, 5.41) is 2.80. The number of aryl methyl sites for hydroxylation is 1. The van der Waals surface area contributed by atoms with Crippen molar-refractivity contribution in [2.45, 2.75) is 63.8 Å². The number of halogens is 3. The molecule has 0 heterocycles. The van der Waals surface area contributed by atoms with Gasteiger partial charge in [0.15, 0.2) is 0 Å². The predicted octanol–water partition coefficient (Wildman–Crippen LogP) is 5.54. The number of sulfonamides is 1. The number of amides is 2. The highest BCUT2D eigenvalue weighted by molar-refractivity contribution is 7.92. The molecule has 3 rings (SSSR count). The van der Waals surface area contributed by atoms with Gasteiger partial charge in [-0.2, -0.15) is 13.2 Å². The average molecular weight is 590 g/mol. The van der Waals surface area contributed by atoms with Crippen molar-refractivity contribution in [2.75, 3.05) is 10.8 Å². The summed E-state index contributed by atoms with van der Waals surface area (Å²) in [7, 11) is -4.49. The van der Waals surface area contributed by atoms with Crippen molar-refractivity contribution in [1.29, 1.82) is 0 Å². The van der Waals surface area contributed by atoms with E-state index in [0.29, 0.717) is 15.9 Å². The number of nitrogens with zero attached hydrogens (tertiary/aromatic N) is 2. The first kappa shape index (κ1) is 31.7. The van der Waals surface area contributed by atoms with Crippen LogP contribution in [0.2, 0.25) is 0 Å². The molecule has 0 saturated heterocycles. The number of carbonyl (C=O) groups excluding carboxylic acids is 2. The van der Waals surface area contributed by atoms with Gasteiger partial charge < -0.3 is 10.2 Å². The van der Waals surface area contributed by atoms with E-state index in [0.717, 1.165) is 17.7 Å². The van der Waals surface area contributed by atoms with Crippen LogP contribution in [0.1, 0.15) is 43.9 Å². The average Bonchev–Trinajstić information content (AvgIpc) is 2.91. The Kier molecular flexibility index (Phi) is 10.2. The third-order valence-corrected chi connectivity index (χ3v) is 8.15. The van der Waals surface area contributed by atoms with Gasteiger partial charge in [-0.05, 0) is 63.1 Å². The zero-order valence-electron chi connectivity index (χ0n) is 23.4. The summed E-state index contributed by atoms with van der Waals surface area (Å²) >= 11 is 0. The number of hydrogen-bond donors (Lipinski definition) is 1. The molecule has 0 aromatic heterocycles. The topological polar surface area (TPSA) is 86.8 Å². The summed E-state index contributed by atoms with van der Waals surface area (Å²) in [5.74, 6) is -1.16. The molecule has 7 nitrogen and oxygen atoms in total. The van der Waals surface area contributed by atoms with Crippen LogP contribution >= 0.6 is 0 Å². The Balaban J connectivity index is 2.11. The highest BCUT2D eigenvalue weighted by Crippen LogP contribution is 2.33. The first-order valence-corrected chi connectivity index (χ1v) is 14.6. The van der Waals surface area contributed by atoms with Gasteiger partial charge in [-0.3, -0.25) is 13.9 Å². The fourth-order valence-electron chi connectivity index (χ4n) is 4.28. The fourth-order valence-corrected chi connectivity index (χ4v) is 5.69. The quantitative estimate of drug-likeness (QED) is 0.318. The van der Waals surface area contributed by atoms with Gasteiger partial charge in [0.05, 0.1) is 16.1 Å². The van der Waals surface area contributed by atoms with Crippen LogP contribution < -0.4 is 9.62 Å². The Labute approximate surface area is 239 Å². The van der Waals surface area contributed by atoms with Crippen LogP contribution in [0, 0.1) is 6.92 Å². The SMILES string of the molecule is CC[C@@H](C(=O)NC(C)C)N(Cc1ccccc1)C(=O)CN(c1cccc(C(F)(F)F)c1)S(=O)(=O)c1ccc(C)cc1. The Morgan fingerprint density at radius 3 is 2.12 bits per heavy atom. The van der Waals surface area contributed by atoms with Crippen LogP contribution in [-0.4, -0.2) is 43.8 Å². The van der Waals surface area contributed by atoms with E-state index in [1.165, 1.54) is 23.1 Å². The molecule has 1 N–H and O–H groups in total. The molecule has 0 unspecified atom stereocenters. The maximum Gasteiger partial charge on any atom is 0.416 e. The van der Waals surface area contributed by atoms with Gasteiger partial charge in [-0.25, -0.2) is 8.42 Å². The summed E-state index contributed by atoms with van der Waals surface area (Å²) in [6, 6.07) is 17.3. The van der Waals surface area contributed by atoms with Gasteiger partial charge in [-0.15, -0.1) is 0 Å². The van der Waals surface area contributed by atoms with E-state index < -0.39 is 46.2 Å². The lowest BCUT2D eigenvalue weighted by Gasteiger charge is -2.33. The Bertz CT molecular complexity index is 1440. The third-order valence-electron chi connectivity index (χ3n) is 6.36. The molecule has 1 atom stereocenters. The number of hydrogen-bond acceptors (Lipinski definition) is 4. The van der Waals surface area contributed by atoms with E-state index in [1.54, 1.807) is 70.2 Å². The molecular weight excluding hydrogens is 555 g/mol. The molecule has 220 valence electrons. The lowest BCUT2D eigenvalue weighted by atomic mass is 10.1. The maximum atomic E-state index is 14.0. The van der Waals surface area contributed by atoms with Crippen LogP contribution in [0.5, 0.6) is 0 Å². The zero-order chi connectivity index (χ0) is 30.4. The molecule has 0 aliphatic rings. The fraction of sp³-hybridized carbons (Fsp3) is 0.333. The second kappa shape index (κ2) is 13.2. The van der Waals surface area contributed by atoms with Gasteiger partial charge in [-0.1, -0.05) is 61.0 Å². The Morgan fingerprint density at radius 2 is 1.56 bits per heavy atom. The van der Waals surface area contributed by atoms with Gasteiger partial charge >= 0.3 is 6.18 Å². The normalized spacial score (nSPS) is 12.6. The van der Waals surface area contributed by atoms with Crippen LogP contribution in [0.3, 0.4) is 0 Å². The van der Waals surface area contributed by atoms with Crippen molar-refractivity contribution in [1.82, 2.24) is 10.2 Å². The standard InChI is InChI=1S/C30H34F3N3O4S/c1-5-27(29(38)34-21(2)3)35(19-23-10-7-6-8-11-23)28(37)20-36(25-13-9-12-24(18-25)30(31,32)33)41(39,40)26-16-14-22(4)15-17-26/h6-18,21,27H,5,19-20H2,1-4H3,(H,34,38)/t27-/m0/s1. The molecule has 0 fully saturated rings. The first-order chi connectivity index (χ1) is 19.2. The smallest absolute Gasteiger partial charge is 0.352 e. The zero-order valence-corrected chi connectivity index (χ0v) is 24.2. The minimum absolute atomic E-state index is 0.00922. The third kappa shape index (κ3) is 8.09. The number of carbonyl (C=O) groups is 2. The molecule has 41 heavy (non-hydrogen) atoms. The number of benzene rings is 3. The predicted molar refractivity (Wildman–Crippen MR) is 152 cm³/mol. The molecule has 11 heteroatoms. The van der Waals surface area contributed by atoms with Crippen LogP contribution in [-0.2, 0) is 32.3 Å². The second-order valence-electron chi connectivity index (χ2n) is 9.97. The molecule has 0 saturated carbocycles. The molecule has 3 aromatic carbocycles. The summed E-state index contributed by atoms with van der Waals surface area (Å²) < 4.78 is 69.1. The molecule has 0 aliphatic heterocycles. The van der Waals surface area contributed by atoms with E-state index in [2.05, 4.69) is 5.32 Å². The van der Waals surface area contributed by atoms with Gasteiger partial charge in [0.25, 0.3) is 10.0 Å². The van der Waals surface area contributed by atoms with Gasteiger partial charge in [0.2, 0.25) is 11.8 Å². The molecule has 0 bridgehead atoms. The van der Waals surface area contributed by atoms with Crippen LogP contribution in [0.25, 0.3) is 0 Å². The van der Waals surface area contributed by atoms with Gasteiger partial charge in [0, 0.05) is 12.6 Å². The number of nitrogens with one attached hydrogen (secondary N) is 1. The van der Waals surface area contributed by atoms with E-state index >= 15 is 0 Å². The van der Waals surface area contributed by atoms with E-state index in [9.17, 15) is 31.2 Å². The largest absolute Gasteiger partial charge is 0.416 e. The number of alkyl halides is 3. The van der Waals surface area contributed by atoms with Crippen LogP contribution in [0.4, 0.5) is 18.9 Å². The van der Waals surface area contributed by atoms with E-state index in [1.807, 2.05) is 0 Å². The van der Waals surface area contributed by atoms with Crippen molar-refractivity contribution >= 4 is 27.5 Å². The van der Waals surface area contributed by atoms with Gasteiger partial charge in [0.1, 0.15) is 12.6 Å². The summed E-state index contributed by atoms with van der Waals surface area (Å²) in [5.41, 5.74) is 0.0915. The van der Waals surface area contributed by atoms with Crippen molar-refractivity contribution < 1.29 is 31.2 Å². The van der Waals surface area contributed by atoms with Crippen molar-refractivity contribution in [3.63, 3.8) is 0 Å². The Morgan fingerprint density at radius 1 is 0.927 bits per heavy atom.